The number of anilines is 2. The molecule has 0 aliphatic carbocycles. The van der Waals surface area contributed by atoms with Crippen LogP contribution >= 0.6 is 11.3 Å². The van der Waals surface area contributed by atoms with E-state index in [9.17, 15) is 17.6 Å². The SMILES string of the molecule is O=C1C(NCCc2ccccc2F)CCN1c1ccc(S(=O)(=O)Nc2nccs2)cc1.[HH]. The van der Waals surface area contributed by atoms with Gasteiger partial charge in [-0.1, -0.05) is 18.2 Å². The first-order valence-corrected chi connectivity index (χ1v) is 12.1. The van der Waals surface area contributed by atoms with E-state index in [1.807, 2.05) is 0 Å². The normalized spacial score (nSPS) is 16.6. The van der Waals surface area contributed by atoms with Crippen LogP contribution in [-0.2, 0) is 21.2 Å². The second-order valence-corrected chi connectivity index (χ2v) is 9.64. The van der Waals surface area contributed by atoms with E-state index in [1.54, 1.807) is 40.6 Å². The fourth-order valence-corrected chi connectivity index (χ4v) is 5.25. The zero-order valence-corrected chi connectivity index (χ0v) is 18.1. The predicted molar refractivity (Wildman–Crippen MR) is 120 cm³/mol. The van der Waals surface area contributed by atoms with Crippen molar-refractivity contribution < 1.29 is 19.0 Å². The summed E-state index contributed by atoms with van der Waals surface area (Å²) in [5, 5.41) is 5.17. The molecular formula is C21H23FN4O3S2. The largest absolute Gasteiger partial charge is 0.311 e. The van der Waals surface area contributed by atoms with E-state index in [0.29, 0.717) is 42.3 Å². The highest BCUT2D eigenvalue weighted by Gasteiger charge is 2.32. The number of hydrogen-bond acceptors (Lipinski definition) is 6. The van der Waals surface area contributed by atoms with E-state index >= 15 is 0 Å². The predicted octanol–water partition coefficient (Wildman–Crippen LogP) is 3.27. The van der Waals surface area contributed by atoms with Crippen molar-refractivity contribution in [3.63, 3.8) is 0 Å². The van der Waals surface area contributed by atoms with Crippen molar-refractivity contribution in [1.82, 2.24) is 10.3 Å². The summed E-state index contributed by atoms with van der Waals surface area (Å²) in [4.78, 5) is 18.4. The van der Waals surface area contributed by atoms with Gasteiger partial charge in [-0.05, 0) is 48.7 Å². The van der Waals surface area contributed by atoms with Gasteiger partial charge in [0.1, 0.15) is 5.82 Å². The second kappa shape index (κ2) is 9.13. The van der Waals surface area contributed by atoms with Gasteiger partial charge >= 0.3 is 0 Å². The lowest BCUT2D eigenvalue weighted by atomic mass is 10.1. The number of amides is 1. The van der Waals surface area contributed by atoms with Crippen LogP contribution in [-0.4, -0.2) is 38.4 Å². The minimum Gasteiger partial charge on any atom is -0.311 e. The molecule has 1 aliphatic rings. The van der Waals surface area contributed by atoms with E-state index < -0.39 is 10.0 Å². The Labute approximate surface area is 185 Å². The molecule has 0 saturated carbocycles. The van der Waals surface area contributed by atoms with Crippen LogP contribution in [0.25, 0.3) is 0 Å². The topological polar surface area (TPSA) is 91.4 Å². The number of thiazole rings is 1. The zero-order valence-electron chi connectivity index (χ0n) is 16.5. The summed E-state index contributed by atoms with van der Waals surface area (Å²) in [6.07, 6.45) is 2.64. The first-order valence-electron chi connectivity index (χ1n) is 9.74. The maximum absolute atomic E-state index is 13.7. The average molecular weight is 463 g/mol. The molecule has 31 heavy (non-hydrogen) atoms. The third-order valence-corrected chi connectivity index (χ3v) is 7.23. The first-order chi connectivity index (χ1) is 14.9. The molecule has 0 radical (unpaired) electrons. The molecule has 1 fully saturated rings. The maximum Gasteiger partial charge on any atom is 0.263 e. The van der Waals surface area contributed by atoms with Gasteiger partial charge in [-0.3, -0.25) is 9.52 Å². The van der Waals surface area contributed by atoms with Crippen molar-refractivity contribution in [2.24, 2.45) is 0 Å². The Balaban J connectivity index is 0.00000289. The Bertz CT molecular complexity index is 1160. The summed E-state index contributed by atoms with van der Waals surface area (Å²) in [6, 6.07) is 12.4. The number of nitrogens with one attached hydrogen (secondary N) is 2. The minimum absolute atomic E-state index is 0. The molecule has 4 rings (SSSR count). The Morgan fingerprint density at radius 3 is 2.68 bits per heavy atom. The van der Waals surface area contributed by atoms with Gasteiger partial charge < -0.3 is 10.2 Å². The van der Waals surface area contributed by atoms with Gasteiger partial charge in [-0.2, -0.15) is 0 Å². The van der Waals surface area contributed by atoms with Gasteiger partial charge in [-0.15, -0.1) is 11.3 Å². The smallest absolute Gasteiger partial charge is 0.263 e. The third-order valence-electron chi connectivity index (χ3n) is 5.06. The Kier molecular flexibility index (Phi) is 6.30. The van der Waals surface area contributed by atoms with Gasteiger partial charge in [0.15, 0.2) is 5.13 Å². The molecule has 1 unspecified atom stereocenters. The number of benzene rings is 2. The van der Waals surface area contributed by atoms with Gasteiger partial charge in [-0.25, -0.2) is 17.8 Å². The molecule has 1 saturated heterocycles. The highest BCUT2D eigenvalue weighted by molar-refractivity contribution is 7.93. The summed E-state index contributed by atoms with van der Waals surface area (Å²) in [5.74, 6) is -0.326. The van der Waals surface area contributed by atoms with E-state index in [-0.39, 0.29) is 24.1 Å². The van der Waals surface area contributed by atoms with Crippen LogP contribution in [0.2, 0.25) is 0 Å². The van der Waals surface area contributed by atoms with Crippen LogP contribution in [0.15, 0.2) is 65.0 Å². The molecule has 1 aliphatic heterocycles. The van der Waals surface area contributed by atoms with Crippen LogP contribution in [0.4, 0.5) is 15.2 Å². The van der Waals surface area contributed by atoms with E-state index in [1.165, 1.54) is 35.7 Å². The standard InChI is InChI=1S/C21H21FN4O3S2.H2/c22-18-4-2-1-3-15(18)9-11-23-19-10-13-26(20(19)27)16-5-7-17(8-6-16)31(28,29)25-21-24-12-14-30-21;/h1-8,12,14,19,23H,9-11,13H2,(H,24,25);1H. The Morgan fingerprint density at radius 1 is 1.19 bits per heavy atom. The quantitative estimate of drug-likeness (QED) is 0.536. The lowest BCUT2D eigenvalue weighted by Gasteiger charge is -2.18. The fourth-order valence-electron chi connectivity index (χ4n) is 3.46. The van der Waals surface area contributed by atoms with E-state index in [0.717, 1.165) is 0 Å². The molecule has 1 aromatic heterocycles. The number of hydrogen-bond donors (Lipinski definition) is 2. The number of aromatic nitrogens is 1. The first kappa shape index (κ1) is 21.4. The number of nitrogens with zero attached hydrogens (tertiary/aromatic N) is 2. The van der Waals surface area contributed by atoms with Crippen molar-refractivity contribution >= 4 is 38.1 Å². The Morgan fingerprint density at radius 2 is 1.97 bits per heavy atom. The third kappa shape index (κ3) is 4.92. The molecular weight excluding hydrogens is 439 g/mol. The molecule has 7 nitrogen and oxygen atoms in total. The fraction of sp³-hybridized carbons (Fsp3) is 0.238. The number of halogens is 1. The van der Waals surface area contributed by atoms with Crippen molar-refractivity contribution in [1.29, 1.82) is 0 Å². The maximum atomic E-state index is 13.7. The number of carbonyl (C=O) groups excluding carboxylic acids is 1. The van der Waals surface area contributed by atoms with Crippen molar-refractivity contribution in [2.75, 3.05) is 22.7 Å². The van der Waals surface area contributed by atoms with E-state index in [4.69, 9.17) is 0 Å². The second-order valence-electron chi connectivity index (χ2n) is 7.06. The molecule has 10 heteroatoms. The summed E-state index contributed by atoms with van der Waals surface area (Å²) < 4.78 is 41.0. The van der Waals surface area contributed by atoms with Crippen molar-refractivity contribution in [2.45, 2.75) is 23.8 Å². The molecule has 0 bridgehead atoms. The number of rotatable bonds is 8. The molecule has 164 valence electrons. The highest BCUT2D eigenvalue weighted by atomic mass is 32.2. The molecule has 1 amide bonds. The number of sulfonamides is 1. The summed E-state index contributed by atoms with van der Waals surface area (Å²) in [7, 11) is -3.74. The summed E-state index contributed by atoms with van der Waals surface area (Å²) >= 11 is 1.19. The van der Waals surface area contributed by atoms with Crippen molar-refractivity contribution in [3.8, 4) is 0 Å². The molecule has 2 aromatic carbocycles. The van der Waals surface area contributed by atoms with Crippen LogP contribution < -0.4 is 14.9 Å². The monoisotopic (exact) mass is 462 g/mol. The molecule has 2 heterocycles. The van der Waals surface area contributed by atoms with Crippen LogP contribution in [0.5, 0.6) is 0 Å². The summed E-state index contributed by atoms with van der Waals surface area (Å²) in [5.41, 5.74) is 1.25. The number of carbonyl (C=O) groups is 1. The molecule has 1 atom stereocenters. The lowest BCUT2D eigenvalue weighted by Crippen LogP contribution is -2.39. The minimum atomic E-state index is -3.74. The summed E-state index contributed by atoms with van der Waals surface area (Å²) in [6.45, 7) is 1.02. The molecule has 2 N–H and O–H groups in total. The van der Waals surface area contributed by atoms with Gasteiger partial charge in [0, 0.05) is 31.8 Å². The van der Waals surface area contributed by atoms with Gasteiger partial charge in [0.2, 0.25) is 5.91 Å². The van der Waals surface area contributed by atoms with Crippen LogP contribution in [0.1, 0.15) is 13.4 Å². The molecule has 3 aromatic rings. The Hall–Kier alpha value is -2.82. The lowest BCUT2D eigenvalue weighted by molar-refractivity contribution is -0.118. The highest BCUT2D eigenvalue weighted by Crippen LogP contribution is 2.25. The van der Waals surface area contributed by atoms with E-state index in [2.05, 4.69) is 15.0 Å². The van der Waals surface area contributed by atoms with Gasteiger partial charge in [0.25, 0.3) is 10.0 Å². The van der Waals surface area contributed by atoms with Crippen LogP contribution in [0.3, 0.4) is 0 Å². The van der Waals surface area contributed by atoms with Crippen LogP contribution in [0, 0.1) is 5.82 Å². The average Bonchev–Trinajstić information content (AvgIpc) is 3.39. The van der Waals surface area contributed by atoms with Crippen molar-refractivity contribution in [3.05, 3.63) is 71.5 Å². The van der Waals surface area contributed by atoms with Gasteiger partial charge in [0.05, 0.1) is 10.9 Å². The zero-order chi connectivity index (χ0) is 21.8. The molecule has 0 spiro atoms.